The van der Waals surface area contributed by atoms with Crippen LogP contribution in [0.3, 0.4) is 0 Å². The van der Waals surface area contributed by atoms with E-state index < -0.39 is 5.41 Å². The van der Waals surface area contributed by atoms with Gasteiger partial charge in [-0.3, -0.25) is 4.79 Å². The number of rotatable bonds is 3. The number of anilines is 1. The van der Waals surface area contributed by atoms with Gasteiger partial charge in [0.15, 0.2) is 5.15 Å². The van der Waals surface area contributed by atoms with E-state index in [1.165, 1.54) is 0 Å². The standard InChI is InChI=1S/C11H14Cl2N2O/c1-7-4-8(9(13)14-5-7)15-10(16)11(2,3)6-12/h4-5H,6H2,1-3H3,(H,15,16). The number of hydrogen-bond acceptors (Lipinski definition) is 2. The predicted octanol–water partition coefficient (Wildman–Crippen LogP) is 3.25. The summed E-state index contributed by atoms with van der Waals surface area (Å²) in [6.45, 7) is 5.42. The Balaban J connectivity index is 2.89. The molecule has 1 amide bonds. The molecule has 1 aromatic heterocycles. The molecule has 1 aromatic rings. The lowest BCUT2D eigenvalue weighted by molar-refractivity contribution is -0.122. The largest absolute Gasteiger partial charge is 0.323 e. The second-order valence-corrected chi connectivity index (χ2v) is 4.95. The minimum absolute atomic E-state index is 0.170. The molecule has 16 heavy (non-hydrogen) atoms. The fraction of sp³-hybridized carbons (Fsp3) is 0.455. The van der Waals surface area contributed by atoms with Crippen molar-refractivity contribution in [1.29, 1.82) is 0 Å². The Morgan fingerprint density at radius 2 is 2.19 bits per heavy atom. The molecule has 0 radical (unpaired) electrons. The number of halogens is 2. The van der Waals surface area contributed by atoms with Crippen LogP contribution in [0.4, 0.5) is 5.69 Å². The molecule has 0 unspecified atom stereocenters. The molecule has 0 atom stereocenters. The maximum absolute atomic E-state index is 11.8. The van der Waals surface area contributed by atoms with Crippen LogP contribution in [0.5, 0.6) is 0 Å². The summed E-state index contributed by atoms with van der Waals surface area (Å²) >= 11 is 11.6. The Hall–Kier alpha value is -0.800. The quantitative estimate of drug-likeness (QED) is 0.670. The first-order valence-corrected chi connectivity index (χ1v) is 5.77. The van der Waals surface area contributed by atoms with Crippen molar-refractivity contribution in [3.05, 3.63) is 23.0 Å². The molecule has 3 nitrogen and oxygen atoms in total. The minimum Gasteiger partial charge on any atom is -0.323 e. The molecule has 0 aromatic carbocycles. The van der Waals surface area contributed by atoms with E-state index in [1.54, 1.807) is 26.1 Å². The number of carbonyl (C=O) groups excluding carboxylic acids is 1. The third kappa shape index (κ3) is 3.09. The molecule has 88 valence electrons. The maximum Gasteiger partial charge on any atom is 0.231 e. The lowest BCUT2D eigenvalue weighted by Gasteiger charge is -2.20. The van der Waals surface area contributed by atoms with Gasteiger partial charge in [0.05, 0.1) is 11.1 Å². The van der Waals surface area contributed by atoms with Gasteiger partial charge in [-0.25, -0.2) is 4.98 Å². The molecule has 1 rings (SSSR count). The van der Waals surface area contributed by atoms with Gasteiger partial charge >= 0.3 is 0 Å². The Morgan fingerprint density at radius 3 is 2.75 bits per heavy atom. The van der Waals surface area contributed by atoms with Gasteiger partial charge in [0.25, 0.3) is 0 Å². The first kappa shape index (κ1) is 13.3. The highest BCUT2D eigenvalue weighted by Gasteiger charge is 2.27. The number of carbonyl (C=O) groups is 1. The number of pyridine rings is 1. The lowest BCUT2D eigenvalue weighted by atomic mass is 9.95. The summed E-state index contributed by atoms with van der Waals surface area (Å²) in [5, 5.41) is 3.01. The average Bonchev–Trinajstić information content (AvgIpc) is 2.23. The second-order valence-electron chi connectivity index (χ2n) is 4.32. The number of amides is 1. The normalized spacial score (nSPS) is 11.3. The highest BCUT2D eigenvalue weighted by molar-refractivity contribution is 6.32. The van der Waals surface area contributed by atoms with Crippen LogP contribution in [0.2, 0.25) is 5.15 Å². The summed E-state index contributed by atoms with van der Waals surface area (Å²) < 4.78 is 0. The Bertz CT molecular complexity index is 405. The van der Waals surface area contributed by atoms with Crippen LogP contribution in [-0.4, -0.2) is 16.8 Å². The monoisotopic (exact) mass is 260 g/mol. The summed E-state index contributed by atoms with van der Waals surface area (Å²) in [5.41, 5.74) is 0.822. The molecule has 0 spiro atoms. The van der Waals surface area contributed by atoms with Crippen molar-refractivity contribution in [2.45, 2.75) is 20.8 Å². The van der Waals surface area contributed by atoms with Crippen molar-refractivity contribution in [3.63, 3.8) is 0 Å². The molecule has 0 aliphatic carbocycles. The van der Waals surface area contributed by atoms with Crippen molar-refractivity contribution in [2.75, 3.05) is 11.2 Å². The molecule has 0 saturated carbocycles. The van der Waals surface area contributed by atoms with Crippen molar-refractivity contribution in [3.8, 4) is 0 Å². The SMILES string of the molecule is Cc1cnc(Cl)c(NC(=O)C(C)(C)CCl)c1. The minimum atomic E-state index is -0.630. The van der Waals surface area contributed by atoms with Crippen LogP contribution in [0.25, 0.3) is 0 Å². The maximum atomic E-state index is 11.8. The third-order valence-electron chi connectivity index (χ3n) is 2.17. The topological polar surface area (TPSA) is 42.0 Å². The van der Waals surface area contributed by atoms with Gasteiger partial charge < -0.3 is 5.32 Å². The lowest BCUT2D eigenvalue weighted by Crippen LogP contribution is -2.32. The van der Waals surface area contributed by atoms with Crippen LogP contribution in [0.1, 0.15) is 19.4 Å². The molecule has 0 aliphatic heterocycles. The van der Waals surface area contributed by atoms with Gasteiger partial charge in [0, 0.05) is 12.1 Å². The van der Waals surface area contributed by atoms with E-state index in [1.807, 2.05) is 6.92 Å². The molecule has 1 N–H and O–H groups in total. The highest BCUT2D eigenvalue weighted by atomic mass is 35.5. The van der Waals surface area contributed by atoms with E-state index >= 15 is 0 Å². The van der Waals surface area contributed by atoms with Crippen LogP contribution in [-0.2, 0) is 4.79 Å². The van der Waals surface area contributed by atoms with Gasteiger partial charge in [-0.1, -0.05) is 11.6 Å². The summed E-state index contributed by atoms with van der Waals surface area (Å²) in [5.74, 6) is 0.0761. The zero-order chi connectivity index (χ0) is 12.3. The van der Waals surface area contributed by atoms with Gasteiger partial charge in [-0.2, -0.15) is 0 Å². The van der Waals surface area contributed by atoms with Gasteiger partial charge in [-0.15, -0.1) is 11.6 Å². The van der Waals surface area contributed by atoms with Crippen LogP contribution in [0.15, 0.2) is 12.3 Å². The smallest absolute Gasteiger partial charge is 0.231 e. The van der Waals surface area contributed by atoms with Gasteiger partial charge in [0.2, 0.25) is 5.91 Å². The molecule has 1 heterocycles. The summed E-state index contributed by atoms with van der Waals surface area (Å²) in [4.78, 5) is 15.8. The van der Waals surface area contributed by atoms with Crippen LogP contribution >= 0.6 is 23.2 Å². The van der Waals surface area contributed by atoms with Crippen molar-refractivity contribution in [1.82, 2.24) is 4.98 Å². The molecule has 0 saturated heterocycles. The third-order valence-corrected chi connectivity index (χ3v) is 3.14. The zero-order valence-electron chi connectivity index (χ0n) is 9.47. The van der Waals surface area contributed by atoms with Crippen molar-refractivity contribution in [2.24, 2.45) is 5.41 Å². The molecule has 0 bridgehead atoms. The van der Waals surface area contributed by atoms with E-state index in [9.17, 15) is 4.79 Å². The summed E-state index contributed by atoms with van der Waals surface area (Å²) in [7, 11) is 0. The van der Waals surface area contributed by atoms with E-state index in [0.29, 0.717) is 5.69 Å². The summed E-state index contributed by atoms with van der Waals surface area (Å²) in [6, 6.07) is 1.78. The van der Waals surface area contributed by atoms with E-state index in [-0.39, 0.29) is 16.9 Å². The number of hydrogen-bond donors (Lipinski definition) is 1. The van der Waals surface area contributed by atoms with E-state index in [4.69, 9.17) is 23.2 Å². The summed E-state index contributed by atoms with van der Waals surface area (Å²) in [6.07, 6.45) is 1.64. The van der Waals surface area contributed by atoms with Gasteiger partial charge in [0.1, 0.15) is 0 Å². The number of aromatic nitrogens is 1. The Labute approximate surface area is 105 Å². The van der Waals surface area contributed by atoms with Gasteiger partial charge in [-0.05, 0) is 32.4 Å². The van der Waals surface area contributed by atoms with Crippen LogP contribution in [0, 0.1) is 12.3 Å². The first-order chi connectivity index (χ1) is 7.36. The van der Waals surface area contributed by atoms with Crippen LogP contribution < -0.4 is 5.32 Å². The fourth-order valence-electron chi connectivity index (χ4n) is 0.992. The molecular formula is C11H14Cl2N2O. The molecular weight excluding hydrogens is 247 g/mol. The fourth-order valence-corrected chi connectivity index (χ4v) is 1.26. The van der Waals surface area contributed by atoms with E-state index in [0.717, 1.165) is 5.56 Å². The zero-order valence-corrected chi connectivity index (χ0v) is 11.0. The number of nitrogens with one attached hydrogen (secondary N) is 1. The predicted molar refractivity (Wildman–Crippen MR) is 67.1 cm³/mol. The Kier molecular flexibility index (Phi) is 4.16. The van der Waals surface area contributed by atoms with E-state index in [2.05, 4.69) is 10.3 Å². The first-order valence-electron chi connectivity index (χ1n) is 4.86. The highest BCUT2D eigenvalue weighted by Crippen LogP contribution is 2.24. The number of alkyl halides is 1. The second kappa shape index (κ2) is 5.02. The average molecular weight is 261 g/mol. The van der Waals surface area contributed by atoms with Crippen molar-refractivity contribution >= 4 is 34.8 Å². The molecule has 0 aliphatic rings. The molecule has 5 heteroatoms. The number of aryl methyl sites for hydroxylation is 1. The molecule has 0 fully saturated rings. The van der Waals surface area contributed by atoms with Crippen molar-refractivity contribution < 1.29 is 4.79 Å². The number of nitrogens with zero attached hydrogens (tertiary/aromatic N) is 1. The Morgan fingerprint density at radius 1 is 1.56 bits per heavy atom.